The van der Waals surface area contributed by atoms with E-state index >= 15 is 0 Å². The molecule has 0 radical (unpaired) electrons. The molecule has 0 spiro atoms. The second-order valence-electron chi connectivity index (χ2n) is 10.2. The first kappa shape index (κ1) is 24.8. The van der Waals surface area contributed by atoms with Gasteiger partial charge in [0.15, 0.2) is 0 Å². The number of rotatable bonds is 5. The number of benzene rings is 2. The van der Waals surface area contributed by atoms with E-state index in [1.54, 1.807) is 0 Å². The van der Waals surface area contributed by atoms with E-state index in [1.165, 1.54) is 5.56 Å². The standard InChI is InChI=1S/C28H33Cl2N3O2/c29-25-6-5-19(14-26(25)30)13-20-7-10-33(17-23(20)18-34)24-8-11-32(12-9-24)28(35)22-15-21-3-1-2-4-27(21)31-16-22/h1-6,14,16,20,22-24,34H,7-13,15,17-18H2/t20?,22?,23-/m0/s1. The number of hydrogen-bond acceptors (Lipinski definition) is 4. The van der Waals surface area contributed by atoms with Crippen molar-refractivity contribution in [3.63, 3.8) is 0 Å². The van der Waals surface area contributed by atoms with Gasteiger partial charge in [-0.25, -0.2) is 0 Å². The molecule has 1 N–H and O–H groups in total. The van der Waals surface area contributed by atoms with Gasteiger partial charge in [-0.15, -0.1) is 0 Å². The van der Waals surface area contributed by atoms with Gasteiger partial charge < -0.3 is 10.0 Å². The summed E-state index contributed by atoms with van der Waals surface area (Å²) < 4.78 is 0. The molecule has 35 heavy (non-hydrogen) atoms. The highest BCUT2D eigenvalue weighted by Crippen LogP contribution is 2.33. The van der Waals surface area contributed by atoms with Crippen molar-refractivity contribution in [1.82, 2.24) is 9.80 Å². The molecule has 0 bridgehead atoms. The van der Waals surface area contributed by atoms with Gasteiger partial charge in [0.05, 0.1) is 21.7 Å². The van der Waals surface area contributed by atoms with Crippen LogP contribution in [0.2, 0.25) is 10.0 Å². The average Bonchev–Trinajstić information content (AvgIpc) is 2.90. The summed E-state index contributed by atoms with van der Waals surface area (Å²) in [5.41, 5.74) is 3.32. The lowest BCUT2D eigenvalue weighted by atomic mass is 9.80. The van der Waals surface area contributed by atoms with Gasteiger partial charge in [-0.05, 0) is 79.8 Å². The van der Waals surface area contributed by atoms with Gasteiger partial charge in [-0.3, -0.25) is 14.7 Å². The van der Waals surface area contributed by atoms with Crippen LogP contribution in [0.15, 0.2) is 47.5 Å². The monoisotopic (exact) mass is 513 g/mol. The van der Waals surface area contributed by atoms with Crippen molar-refractivity contribution in [1.29, 1.82) is 0 Å². The van der Waals surface area contributed by atoms with Gasteiger partial charge in [-0.1, -0.05) is 47.5 Å². The average molecular weight is 514 g/mol. The molecule has 3 aliphatic rings. The molecule has 2 saturated heterocycles. The second kappa shape index (κ2) is 11.0. The van der Waals surface area contributed by atoms with Gasteiger partial charge >= 0.3 is 0 Å². The van der Waals surface area contributed by atoms with E-state index in [2.05, 4.69) is 16.0 Å². The number of amides is 1. The number of fused-ring (bicyclic) bond motifs is 1. The zero-order valence-electron chi connectivity index (χ0n) is 20.0. The van der Waals surface area contributed by atoms with Crippen LogP contribution in [-0.4, -0.2) is 65.9 Å². The molecule has 186 valence electrons. The third-order valence-electron chi connectivity index (χ3n) is 8.07. The molecule has 2 aromatic rings. The van der Waals surface area contributed by atoms with E-state index < -0.39 is 0 Å². The number of halogens is 2. The van der Waals surface area contributed by atoms with Gasteiger partial charge in [-0.2, -0.15) is 0 Å². The Morgan fingerprint density at radius 2 is 1.80 bits per heavy atom. The maximum Gasteiger partial charge on any atom is 0.231 e. The molecule has 0 aliphatic carbocycles. The van der Waals surface area contributed by atoms with Crippen LogP contribution in [-0.2, 0) is 17.6 Å². The van der Waals surface area contributed by atoms with Crippen molar-refractivity contribution >= 4 is 41.0 Å². The minimum atomic E-state index is -0.155. The third-order valence-corrected chi connectivity index (χ3v) is 8.81. The van der Waals surface area contributed by atoms with Gasteiger partial charge in [0.1, 0.15) is 0 Å². The summed E-state index contributed by atoms with van der Waals surface area (Å²) in [7, 11) is 0. The second-order valence-corrected chi connectivity index (χ2v) is 11.0. The Labute approximate surface area is 217 Å². The summed E-state index contributed by atoms with van der Waals surface area (Å²) in [6, 6.07) is 14.4. The Balaban J connectivity index is 1.13. The van der Waals surface area contributed by atoms with E-state index in [4.69, 9.17) is 23.2 Å². The molecule has 3 heterocycles. The molecule has 5 nitrogen and oxygen atoms in total. The van der Waals surface area contributed by atoms with Crippen LogP contribution >= 0.6 is 23.2 Å². The highest BCUT2D eigenvalue weighted by Gasteiger charge is 2.35. The van der Waals surface area contributed by atoms with Crippen LogP contribution in [0.3, 0.4) is 0 Å². The smallest absolute Gasteiger partial charge is 0.231 e. The van der Waals surface area contributed by atoms with E-state index in [1.807, 2.05) is 47.5 Å². The highest BCUT2D eigenvalue weighted by atomic mass is 35.5. The number of hydrogen-bond donors (Lipinski definition) is 1. The number of nitrogens with zero attached hydrogens (tertiary/aromatic N) is 3. The van der Waals surface area contributed by atoms with Crippen LogP contribution in [0.1, 0.15) is 30.4 Å². The fourth-order valence-electron chi connectivity index (χ4n) is 5.99. The zero-order valence-corrected chi connectivity index (χ0v) is 21.5. The maximum absolute atomic E-state index is 13.2. The number of carbonyl (C=O) groups excluding carboxylic acids is 1. The predicted octanol–water partition coefficient (Wildman–Crippen LogP) is 5.03. The van der Waals surface area contributed by atoms with Crippen molar-refractivity contribution in [2.45, 2.75) is 38.1 Å². The quantitative estimate of drug-likeness (QED) is 0.609. The lowest BCUT2D eigenvalue weighted by molar-refractivity contribution is -0.135. The van der Waals surface area contributed by atoms with Crippen LogP contribution < -0.4 is 0 Å². The molecule has 0 saturated carbocycles. The van der Waals surface area contributed by atoms with E-state index in [9.17, 15) is 9.90 Å². The molecular weight excluding hydrogens is 481 g/mol. The van der Waals surface area contributed by atoms with Gasteiger partial charge in [0.2, 0.25) is 5.91 Å². The minimum Gasteiger partial charge on any atom is -0.396 e. The van der Waals surface area contributed by atoms with E-state index in [-0.39, 0.29) is 24.3 Å². The Bertz CT molecular complexity index is 1080. The zero-order chi connectivity index (χ0) is 24.4. The van der Waals surface area contributed by atoms with Crippen molar-refractivity contribution in [3.05, 3.63) is 63.6 Å². The topological polar surface area (TPSA) is 56.1 Å². The first-order valence-electron chi connectivity index (χ1n) is 12.7. The van der Waals surface area contributed by atoms with Crippen LogP contribution in [0.4, 0.5) is 5.69 Å². The largest absolute Gasteiger partial charge is 0.396 e. The molecule has 7 heteroatoms. The minimum absolute atomic E-state index is 0.155. The summed E-state index contributed by atoms with van der Waals surface area (Å²) in [5, 5.41) is 11.3. The number of aliphatic imine (C=N–C) groups is 1. The van der Waals surface area contributed by atoms with E-state index in [0.29, 0.717) is 22.0 Å². The fourth-order valence-corrected chi connectivity index (χ4v) is 6.31. The summed E-state index contributed by atoms with van der Waals surface area (Å²) in [4.78, 5) is 22.3. The third kappa shape index (κ3) is 5.59. The first-order valence-corrected chi connectivity index (χ1v) is 13.5. The van der Waals surface area contributed by atoms with Crippen molar-refractivity contribution in [2.75, 3.05) is 32.8 Å². The Kier molecular flexibility index (Phi) is 7.78. The summed E-state index contributed by atoms with van der Waals surface area (Å²) in [6.45, 7) is 3.73. The van der Waals surface area contributed by atoms with Gasteiger partial charge in [0.25, 0.3) is 0 Å². The summed E-state index contributed by atoms with van der Waals surface area (Å²) in [6.07, 6.45) is 6.52. The number of piperidine rings is 2. The Morgan fingerprint density at radius 3 is 2.57 bits per heavy atom. The molecular formula is C28H33Cl2N3O2. The molecule has 2 fully saturated rings. The Hall–Kier alpha value is -1.92. The van der Waals surface area contributed by atoms with Crippen LogP contribution in [0.5, 0.6) is 0 Å². The molecule has 3 atom stereocenters. The highest BCUT2D eigenvalue weighted by molar-refractivity contribution is 6.42. The molecule has 0 aromatic heterocycles. The normalized spacial score (nSPS) is 25.5. The van der Waals surface area contributed by atoms with Crippen molar-refractivity contribution in [2.24, 2.45) is 22.7 Å². The van der Waals surface area contributed by atoms with Crippen LogP contribution in [0, 0.1) is 17.8 Å². The van der Waals surface area contributed by atoms with Crippen molar-refractivity contribution in [3.8, 4) is 0 Å². The lowest BCUT2D eigenvalue weighted by Crippen LogP contribution is -2.52. The summed E-state index contributed by atoms with van der Waals surface area (Å²) in [5.74, 6) is 0.729. The summed E-state index contributed by atoms with van der Waals surface area (Å²) >= 11 is 12.3. The number of likely N-dealkylation sites (tertiary alicyclic amines) is 2. The fraction of sp³-hybridized carbons (Fsp3) is 0.500. The SMILES string of the molecule is O=C(C1C=Nc2ccccc2C1)N1CCC(N2CCC(Cc3ccc(Cl)c(Cl)c3)[C@H](CO)C2)CC1. The molecule has 5 rings (SSSR count). The molecule has 1 amide bonds. The Morgan fingerprint density at radius 1 is 1.00 bits per heavy atom. The predicted molar refractivity (Wildman–Crippen MR) is 142 cm³/mol. The number of carbonyl (C=O) groups is 1. The van der Waals surface area contributed by atoms with Gasteiger partial charge in [0, 0.05) is 38.5 Å². The number of aliphatic hydroxyl groups excluding tert-OH is 1. The first-order chi connectivity index (χ1) is 17.0. The molecule has 2 aromatic carbocycles. The number of aliphatic hydroxyl groups is 1. The van der Waals surface area contributed by atoms with E-state index in [0.717, 1.165) is 69.5 Å². The molecule has 2 unspecified atom stereocenters. The number of para-hydroxylation sites is 1. The molecule has 3 aliphatic heterocycles. The maximum atomic E-state index is 13.2. The van der Waals surface area contributed by atoms with Crippen molar-refractivity contribution < 1.29 is 9.90 Å². The van der Waals surface area contributed by atoms with Crippen LogP contribution in [0.25, 0.3) is 0 Å². The lowest BCUT2D eigenvalue weighted by Gasteiger charge is -2.45.